The fourth-order valence-corrected chi connectivity index (χ4v) is 5.66. The molecule has 0 amide bonds. The van der Waals surface area contributed by atoms with Gasteiger partial charge in [0.2, 0.25) is 5.75 Å². The second-order valence-electron chi connectivity index (χ2n) is 9.06. The van der Waals surface area contributed by atoms with E-state index in [9.17, 15) is 24.8 Å². The lowest BCUT2D eigenvalue weighted by Crippen LogP contribution is -2.36. The molecule has 10 heteroatoms. The number of phenols is 1. The Morgan fingerprint density at radius 3 is 2.69 bits per heavy atom. The number of hydrogen-bond donors (Lipinski definition) is 2. The van der Waals surface area contributed by atoms with Crippen molar-refractivity contribution in [2.75, 3.05) is 6.61 Å². The van der Waals surface area contributed by atoms with Gasteiger partial charge < -0.3 is 19.9 Å². The second kappa shape index (κ2) is 10.1. The maximum atomic E-state index is 13.6. The largest absolute Gasteiger partial charge is 0.500 e. The molecule has 0 spiro atoms. The molecule has 1 aliphatic heterocycles. The molecule has 2 aromatic rings. The van der Waals surface area contributed by atoms with E-state index in [4.69, 9.17) is 9.47 Å². The molecule has 0 fully saturated rings. The zero-order valence-electron chi connectivity index (χ0n) is 20.5. The molecule has 0 saturated carbocycles. The Hall–Kier alpha value is -3.66. The third-order valence-electron chi connectivity index (χ3n) is 6.24. The number of carbonyl (C=O) groups excluding carboxylic acids is 2. The van der Waals surface area contributed by atoms with Crippen LogP contribution in [0.3, 0.4) is 0 Å². The third-order valence-corrected chi connectivity index (χ3v) is 7.28. The summed E-state index contributed by atoms with van der Waals surface area (Å²) in [6.07, 6.45) is 0.398. The van der Waals surface area contributed by atoms with Gasteiger partial charge in [0.15, 0.2) is 11.5 Å². The van der Waals surface area contributed by atoms with E-state index >= 15 is 0 Å². The number of benzene rings is 1. The Kier molecular flexibility index (Phi) is 7.16. The van der Waals surface area contributed by atoms with Crippen molar-refractivity contribution in [1.29, 1.82) is 0 Å². The number of nitro benzene ring substituents is 1. The molecule has 1 aliphatic carbocycles. The summed E-state index contributed by atoms with van der Waals surface area (Å²) in [6.45, 7) is 7.02. The Morgan fingerprint density at radius 2 is 2.08 bits per heavy atom. The maximum absolute atomic E-state index is 13.6. The first kappa shape index (κ1) is 25.4. The molecular formula is C26H28N2O7S. The van der Waals surface area contributed by atoms with Crippen molar-refractivity contribution >= 4 is 28.8 Å². The predicted molar refractivity (Wildman–Crippen MR) is 134 cm³/mol. The summed E-state index contributed by atoms with van der Waals surface area (Å²) in [5.41, 5.74) is 1.51. The topological polar surface area (TPSA) is 128 Å². The monoisotopic (exact) mass is 512 g/mol. The fourth-order valence-electron chi connectivity index (χ4n) is 4.83. The zero-order chi connectivity index (χ0) is 26.1. The van der Waals surface area contributed by atoms with Crippen LogP contribution in [0, 0.1) is 10.1 Å². The minimum Gasteiger partial charge on any atom is -0.500 e. The Morgan fingerprint density at radius 1 is 1.33 bits per heavy atom. The number of allylic oxidation sites excluding steroid dienone is 3. The standard InChI is InChI=1S/C26H28N2O7S/c1-5-34-20-12-16(10-18(25(20)30)28(32)33)23-22(26(31)35-13(2)3)14(4)27-17-9-15(11-19(29)24(17)23)21-7-6-8-36-21/h6-8,10,12-13,15,23,27,30H,5,9,11H2,1-4H3. The first-order valence-electron chi connectivity index (χ1n) is 11.7. The van der Waals surface area contributed by atoms with Gasteiger partial charge in [0.1, 0.15) is 0 Å². The van der Waals surface area contributed by atoms with Gasteiger partial charge in [-0.25, -0.2) is 4.79 Å². The van der Waals surface area contributed by atoms with E-state index < -0.39 is 34.4 Å². The highest BCUT2D eigenvalue weighted by Gasteiger charge is 2.42. The summed E-state index contributed by atoms with van der Waals surface area (Å²) in [5.74, 6) is -2.38. The Bertz CT molecular complexity index is 1280. The van der Waals surface area contributed by atoms with Crippen LogP contribution in [0.25, 0.3) is 0 Å². The van der Waals surface area contributed by atoms with Crippen LogP contribution < -0.4 is 10.1 Å². The zero-order valence-corrected chi connectivity index (χ0v) is 21.3. The first-order valence-corrected chi connectivity index (χ1v) is 12.6. The fraction of sp³-hybridized carbons (Fsp3) is 0.385. The van der Waals surface area contributed by atoms with Crippen LogP contribution in [-0.4, -0.2) is 34.5 Å². The lowest BCUT2D eigenvalue weighted by Gasteiger charge is -2.36. The van der Waals surface area contributed by atoms with Gasteiger partial charge in [0.05, 0.1) is 23.2 Å². The molecule has 9 nitrogen and oxygen atoms in total. The van der Waals surface area contributed by atoms with E-state index in [0.29, 0.717) is 29.0 Å². The number of nitro groups is 1. The normalized spacial score (nSPS) is 19.8. The van der Waals surface area contributed by atoms with Crippen LogP contribution in [0.5, 0.6) is 11.5 Å². The molecule has 4 rings (SSSR count). The van der Waals surface area contributed by atoms with Gasteiger partial charge in [-0.2, -0.15) is 0 Å². The average Bonchev–Trinajstić information content (AvgIpc) is 3.34. The van der Waals surface area contributed by atoms with Crippen LogP contribution in [0.2, 0.25) is 0 Å². The molecule has 0 radical (unpaired) electrons. The lowest BCUT2D eigenvalue weighted by atomic mass is 9.72. The van der Waals surface area contributed by atoms with Crippen LogP contribution in [-0.2, 0) is 14.3 Å². The van der Waals surface area contributed by atoms with E-state index in [0.717, 1.165) is 4.88 Å². The van der Waals surface area contributed by atoms with Crippen LogP contribution in [0.1, 0.15) is 62.8 Å². The molecule has 0 bridgehead atoms. The third kappa shape index (κ3) is 4.73. The summed E-state index contributed by atoms with van der Waals surface area (Å²) in [5, 5.41) is 27.4. The molecule has 2 unspecified atom stereocenters. The van der Waals surface area contributed by atoms with Crippen molar-refractivity contribution in [1.82, 2.24) is 5.32 Å². The molecular weight excluding hydrogens is 484 g/mol. The number of Topliss-reactive ketones (excluding diaryl/α,β-unsaturated/α-hetero) is 1. The molecule has 2 atom stereocenters. The minimum absolute atomic E-state index is 0.00509. The van der Waals surface area contributed by atoms with Crippen molar-refractivity contribution in [2.24, 2.45) is 0 Å². The van der Waals surface area contributed by atoms with Gasteiger partial charge >= 0.3 is 11.7 Å². The molecule has 2 aliphatic rings. The number of rotatable bonds is 7. The number of phenolic OH excluding ortho intramolecular Hbond substituents is 1. The quantitative estimate of drug-likeness (QED) is 0.299. The summed E-state index contributed by atoms with van der Waals surface area (Å²) in [7, 11) is 0. The van der Waals surface area contributed by atoms with E-state index in [2.05, 4.69) is 5.32 Å². The number of nitrogens with zero attached hydrogens (tertiary/aromatic N) is 1. The smallest absolute Gasteiger partial charge is 0.337 e. The molecule has 2 N–H and O–H groups in total. The maximum Gasteiger partial charge on any atom is 0.337 e. The van der Waals surface area contributed by atoms with Gasteiger partial charge in [0, 0.05) is 46.2 Å². The number of hydrogen-bond acceptors (Lipinski definition) is 9. The molecule has 190 valence electrons. The number of ketones is 1. The highest BCUT2D eigenvalue weighted by Crippen LogP contribution is 2.49. The number of nitrogens with one attached hydrogen (secondary N) is 1. The number of ether oxygens (including phenoxy) is 2. The molecule has 36 heavy (non-hydrogen) atoms. The van der Waals surface area contributed by atoms with Gasteiger partial charge in [0.25, 0.3) is 0 Å². The van der Waals surface area contributed by atoms with Gasteiger partial charge in [-0.05, 0) is 57.2 Å². The highest BCUT2D eigenvalue weighted by atomic mass is 32.1. The van der Waals surface area contributed by atoms with E-state index in [-0.39, 0.29) is 36.1 Å². The SMILES string of the molecule is CCOc1cc(C2C(C(=O)OC(C)C)=C(C)NC3=C2C(=O)CC(c2cccs2)C3)cc([N+](=O)[O-])c1O. The second-order valence-corrected chi connectivity index (χ2v) is 10.0. The predicted octanol–water partition coefficient (Wildman–Crippen LogP) is 5.07. The Balaban J connectivity index is 1.91. The molecule has 1 aromatic heterocycles. The number of esters is 1. The van der Waals surface area contributed by atoms with E-state index in [1.807, 2.05) is 17.5 Å². The number of dihydropyridines is 1. The molecule has 2 heterocycles. The van der Waals surface area contributed by atoms with E-state index in [1.54, 1.807) is 39.0 Å². The van der Waals surface area contributed by atoms with Gasteiger partial charge in [-0.15, -0.1) is 11.3 Å². The lowest BCUT2D eigenvalue weighted by molar-refractivity contribution is -0.386. The van der Waals surface area contributed by atoms with Gasteiger partial charge in [-0.3, -0.25) is 14.9 Å². The number of carbonyl (C=O) groups is 2. The number of aromatic hydroxyl groups is 1. The van der Waals surface area contributed by atoms with E-state index in [1.165, 1.54) is 12.1 Å². The Labute approximate surface area is 212 Å². The average molecular weight is 513 g/mol. The summed E-state index contributed by atoms with van der Waals surface area (Å²) in [6, 6.07) is 6.61. The number of thiophene rings is 1. The van der Waals surface area contributed by atoms with Crippen molar-refractivity contribution < 1.29 is 29.1 Å². The van der Waals surface area contributed by atoms with Crippen LogP contribution >= 0.6 is 11.3 Å². The van der Waals surface area contributed by atoms with Crippen LogP contribution in [0.15, 0.2) is 52.2 Å². The van der Waals surface area contributed by atoms with Crippen molar-refractivity contribution in [3.05, 3.63) is 72.7 Å². The van der Waals surface area contributed by atoms with Crippen molar-refractivity contribution in [3.63, 3.8) is 0 Å². The summed E-state index contributed by atoms with van der Waals surface area (Å²) < 4.78 is 11.0. The van der Waals surface area contributed by atoms with Gasteiger partial charge in [-0.1, -0.05) is 6.07 Å². The van der Waals surface area contributed by atoms with Crippen LogP contribution in [0.4, 0.5) is 5.69 Å². The summed E-state index contributed by atoms with van der Waals surface area (Å²) >= 11 is 1.59. The molecule has 1 aromatic carbocycles. The van der Waals surface area contributed by atoms with Crippen molar-refractivity contribution in [2.45, 2.75) is 58.5 Å². The first-order chi connectivity index (χ1) is 17.1. The molecule has 0 saturated heterocycles. The highest BCUT2D eigenvalue weighted by molar-refractivity contribution is 7.10. The van der Waals surface area contributed by atoms with Crippen molar-refractivity contribution in [3.8, 4) is 11.5 Å². The summed E-state index contributed by atoms with van der Waals surface area (Å²) in [4.78, 5) is 39.0. The minimum atomic E-state index is -0.914.